The van der Waals surface area contributed by atoms with E-state index in [1.165, 1.54) is 9.80 Å². The number of aromatic nitrogens is 1. The number of benzene rings is 2. The molecular weight excluding hydrogens is 724 g/mol. The molecule has 0 spiro atoms. The average Bonchev–Trinajstić information content (AvgIpc) is 3.77. The minimum atomic E-state index is -0.500. The topological polar surface area (TPSA) is 146 Å². The molecule has 0 aliphatic carbocycles. The van der Waals surface area contributed by atoms with Crippen LogP contribution in [0, 0.1) is 11.8 Å². The lowest BCUT2D eigenvalue weighted by Crippen LogP contribution is -2.40. The number of anilines is 1. The summed E-state index contributed by atoms with van der Waals surface area (Å²) in [6.07, 6.45) is 5.62. The number of carbonyl (C=O) groups is 5. The fourth-order valence-electron chi connectivity index (χ4n) is 8.23. The van der Waals surface area contributed by atoms with Crippen LogP contribution in [0.4, 0.5) is 5.82 Å². The van der Waals surface area contributed by atoms with Crippen LogP contribution in [-0.4, -0.2) is 81.6 Å². The van der Waals surface area contributed by atoms with Crippen molar-refractivity contribution in [1.82, 2.24) is 20.1 Å². The molecule has 5 amide bonds. The Labute approximate surface area is 313 Å². The maximum absolute atomic E-state index is 12.5. The number of nitrogens with one attached hydrogen (secondary N) is 1. The van der Waals surface area contributed by atoms with Crippen LogP contribution in [0.5, 0.6) is 0 Å². The molecule has 0 unspecified atom stereocenters. The largest absolute Gasteiger partial charge is 0.365 e. The second kappa shape index (κ2) is 14.9. The lowest BCUT2D eigenvalue weighted by atomic mass is 9.93. The van der Waals surface area contributed by atoms with E-state index in [1.807, 2.05) is 0 Å². The molecule has 5 heterocycles. The Balaban J connectivity index is 0.000000192. The number of fused-ring (bicyclic) bond motifs is 2. The van der Waals surface area contributed by atoms with Gasteiger partial charge in [0.05, 0.1) is 27.8 Å². The third-order valence-corrected chi connectivity index (χ3v) is 11.2. The van der Waals surface area contributed by atoms with Crippen LogP contribution in [0.2, 0.25) is 0 Å². The highest BCUT2D eigenvalue weighted by Gasteiger charge is 2.41. The molecule has 2 atom stereocenters. The SMILES string of the molecule is CC1(C)C[C@@H](CCCN2C(=O)c3ccccc3C2=O)CN1.CC1(C)C[C@@H](CCCN2C(=O)c3ccccc3C2=O)CN1c1nc(Br)ccc1C(N)=O. The standard InChI is InChI=1S/C23H25BrN4O3.C17H22N2O2/c1-23(2)12-14(13-28(23)20-17(19(25)29)9-10-18(24)26-20)6-5-11-27-21(30)15-7-3-4-8-16(15)22(27)31;1-17(2)10-12(11-18-17)6-5-9-19-15(20)13-7-3-4-8-14(13)16(19)21/h3-4,7-10,14H,5-6,11-13H2,1-2H3,(H2,25,29);3-4,7-8,12,18H,5-6,9-11H2,1-2H3/t14-;12-/m11/s1. The molecule has 2 aromatic carbocycles. The van der Waals surface area contributed by atoms with Gasteiger partial charge in [0.2, 0.25) is 0 Å². The van der Waals surface area contributed by atoms with E-state index >= 15 is 0 Å². The zero-order valence-corrected chi connectivity index (χ0v) is 31.9. The fourth-order valence-corrected chi connectivity index (χ4v) is 8.53. The lowest BCUT2D eigenvalue weighted by molar-refractivity contribution is 0.0634. The first kappa shape index (κ1) is 37.3. The Morgan fingerprint density at radius 3 is 1.69 bits per heavy atom. The third kappa shape index (κ3) is 7.68. The summed E-state index contributed by atoms with van der Waals surface area (Å²) in [5.74, 6) is 0.397. The smallest absolute Gasteiger partial charge is 0.261 e. The number of hydrogen-bond acceptors (Lipinski definition) is 8. The molecule has 0 saturated carbocycles. The number of hydrogen-bond donors (Lipinski definition) is 2. The van der Waals surface area contributed by atoms with Gasteiger partial charge in [0.25, 0.3) is 29.5 Å². The number of rotatable bonds is 10. The molecule has 2 fully saturated rings. The predicted molar refractivity (Wildman–Crippen MR) is 202 cm³/mol. The van der Waals surface area contributed by atoms with Gasteiger partial charge in [0, 0.05) is 30.7 Å². The highest BCUT2D eigenvalue weighted by molar-refractivity contribution is 9.10. The van der Waals surface area contributed by atoms with E-state index in [4.69, 9.17) is 5.73 Å². The first-order chi connectivity index (χ1) is 24.7. The molecule has 2 saturated heterocycles. The van der Waals surface area contributed by atoms with Crippen molar-refractivity contribution >= 4 is 51.3 Å². The number of primary amides is 1. The van der Waals surface area contributed by atoms with Gasteiger partial charge in [-0.05, 0) is 137 Å². The van der Waals surface area contributed by atoms with Gasteiger partial charge in [-0.2, -0.15) is 0 Å². The number of carbonyl (C=O) groups excluding carboxylic acids is 5. The summed E-state index contributed by atoms with van der Waals surface area (Å²) in [5.41, 5.74) is 8.08. The van der Waals surface area contributed by atoms with Gasteiger partial charge < -0.3 is 16.0 Å². The monoisotopic (exact) mass is 770 g/mol. The summed E-state index contributed by atoms with van der Waals surface area (Å²) in [6, 6.07) is 17.4. The molecule has 0 radical (unpaired) electrons. The highest BCUT2D eigenvalue weighted by atomic mass is 79.9. The third-order valence-electron chi connectivity index (χ3n) is 10.7. The van der Waals surface area contributed by atoms with Crippen molar-refractivity contribution in [3.05, 3.63) is 93.1 Å². The minimum absolute atomic E-state index is 0.138. The second-order valence-corrected chi connectivity index (χ2v) is 16.4. The summed E-state index contributed by atoms with van der Waals surface area (Å²) in [6.45, 7) is 11.4. The van der Waals surface area contributed by atoms with E-state index in [-0.39, 0.29) is 34.7 Å². The molecule has 52 heavy (non-hydrogen) atoms. The Morgan fingerprint density at radius 2 is 1.25 bits per heavy atom. The van der Waals surface area contributed by atoms with Gasteiger partial charge in [-0.25, -0.2) is 4.98 Å². The van der Waals surface area contributed by atoms with Crippen molar-refractivity contribution in [2.75, 3.05) is 31.1 Å². The molecule has 0 bridgehead atoms. The van der Waals surface area contributed by atoms with Crippen molar-refractivity contribution in [3.8, 4) is 0 Å². The predicted octanol–water partition coefficient (Wildman–Crippen LogP) is 6.08. The van der Waals surface area contributed by atoms with Crippen LogP contribution < -0.4 is 16.0 Å². The average molecular weight is 772 g/mol. The molecule has 3 N–H and O–H groups in total. The van der Waals surface area contributed by atoms with Crippen LogP contribution in [-0.2, 0) is 0 Å². The molecule has 274 valence electrons. The number of nitrogens with two attached hydrogens (primary N) is 1. The van der Waals surface area contributed by atoms with Gasteiger partial charge in [-0.1, -0.05) is 24.3 Å². The summed E-state index contributed by atoms with van der Waals surface area (Å²) >= 11 is 3.39. The van der Waals surface area contributed by atoms with Gasteiger partial charge >= 0.3 is 0 Å². The van der Waals surface area contributed by atoms with E-state index in [2.05, 4.69) is 58.8 Å². The highest BCUT2D eigenvalue weighted by Crippen LogP contribution is 2.40. The molecule has 7 rings (SSSR count). The Hall–Kier alpha value is -4.42. The summed E-state index contributed by atoms with van der Waals surface area (Å²) < 4.78 is 0.650. The molecule has 12 heteroatoms. The van der Waals surface area contributed by atoms with E-state index in [0.29, 0.717) is 63.2 Å². The maximum atomic E-state index is 12.5. The molecular formula is C40H47BrN6O5. The van der Waals surface area contributed by atoms with Crippen molar-refractivity contribution in [1.29, 1.82) is 0 Å². The first-order valence-corrected chi connectivity index (χ1v) is 18.9. The van der Waals surface area contributed by atoms with Crippen molar-refractivity contribution in [2.45, 2.75) is 77.3 Å². The van der Waals surface area contributed by atoms with E-state index in [1.54, 1.807) is 60.7 Å². The number of imide groups is 2. The van der Waals surface area contributed by atoms with E-state index in [0.717, 1.165) is 51.6 Å². The van der Waals surface area contributed by atoms with E-state index < -0.39 is 5.91 Å². The lowest BCUT2D eigenvalue weighted by Gasteiger charge is -2.33. The Bertz CT molecular complexity index is 1840. The number of pyridine rings is 1. The number of nitrogens with zero attached hydrogens (tertiary/aromatic N) is 4. The maximum Gasteiger partial charge on any atom is 0.261 e. The van der Waals surface area contributed by atoms with E-state index in [9.17, 15) is 24.0 Å². The second-order valence-electron chi connectivity index (χ2n) is 15.6. The van der Waals surface area contributed by atoms with Crippen LogP contribution in [0.1, 0.15) is 118 Å². The van der Waals surface area contributed by atoms with Gasteiger partial charge in [-0.3, -0.25) is 33.8 Å². The molecule has 4 aliphatic heterocycles. The first-order valence-electron chi connectivity index (χ1n) is 18.1. The summed E-state index contributed by atoms with van der Waals surface area (Å²) in [5, 5.41) is 3.51. The Morgan fingerprint density at radius 1 is 0.769 bits per heavy atom. The van der Waals surface area contributed by atoms with Crippen LogP contribution in [0.3, 0.4) is 0 Å². The normalized spacial score (nSPS) is 21.4. The molecule has 11 nitrogen and oxygen atoms in total. The molecule has 4 aliphatic rings. The van der Waals surface area contributed by atoms with Crippen molar-refractivity contribution in [2.24, 2.45) is 17.6 Å². The summed E-state index contributed by atoms with van der Waals surface area (Å²) in [7, 11) is 0. The minimum Gasteiger partial charge on any atom is -0.365 e. The summed E-state index contributed by atoms with van der Waals surface area (Å²) in [4.78, 5) is 70.9. The fraction of sp³-hybridized carbons (Fsp3) is 0.450. The zero-order valence-electron chi connectivity index (χ0n) is 30.3. The van der Waals surface area contributed by atoms with Crippen molar-refractivity contribution in [3.63, 3.8) is 0 Å². The Kier molecular flexibility index (Phi) is 10.7. The van der Waals surface area contributed by atoms with Gasteiger partial charge in [-0.15, -0.1) is 0 Å². The quantitative estimate of drug-likeness (QED) is 0.187. The molecule has 3 aromatic rings. The van der Waals surface area contributed by atoms with Gasteiger partial charge in [0.1, 0.15) is 10.4 Å². The number of halogens is 1. The van der Waals surface area contributed by atoms with Crippen LogP contribution >= 0.6 is 15.9 Å². The van der Waals surface area contributed by atoms with Gasteiger partial charge in [0.15, 0.2) is 0 Å². The van der Waals surface area contributed by atoms with Crippen LogP contribution in [0.25, 0.3) is 0 Å². The zero-order chi connectivity index (χ0) is 37.4. The number of amides is 5. The van der Waals surface area contributed by atoms with Crippen molar-refractivity contribution < 1.29 is 24.0 Å². The molecule has 1 aromatic heterocycles. The van der Waals surface area contributed by atoms with Crippen LogP contribution in [0.15, 0.2) is 65.3 Å².